The predicted molar refractivity (Wildman–Crippen MR) is 67.5 cm³/mol. The standard InChI is InChI=1S/C13H19ClFN/c1-3-16-10(2)6-4-7-11-8-5-9-12(14)13(11)15/h5,8-10,16H,3-4,6-7H2,1-2H3. The molecule has 0 amide bonds. The van der Waals surface area contributed by atoms with Crippen LogP contribution in [-0.4, -0.2) is 12.6 Å². The first kappa shape index (κ1) is 13.5. The fraction of sp³-hybridized carbons (Fsp3) is 0.538. The number of rotatable bonds is 6. The maximum atomic E-state index is 13.5. The number of benzene rings is 1. The smallest absolute Gasteiger partial charge is 0.144 e. The highest BCUT2D eigenvalue weighted by Gasteiger charge is 2.06. The Bertz CT molecular complexity index is 328. The van der Waals surface area contributed by atoms with Crippen LogP contribution in [0.1, 0.15) is 32.3 Å². The fourth-order valence-corrected chi connectivity index (χ4v) is 1.98. The molecule has 1 aromatic rings. The number of nitrogens with one attached hydrogen (secondary N) is 1. The summed E-state index contributed by atoms with van der Waals surface area (Å²) in [6.07, 6.45) is 2.79. The highest BCUT2D eigenvalue weighted by Crippen LogP contribution is 2.19. The first-order valence-electron chi connectivity index (χ1n) is 5.81. The van der Waals surface area contributed by atoms with Crippen LogP contribution in [0.3, 0.4) is 0 Å². The lowest BCUT2D eigenvalue weighted by molar-refractivity contribution is 0.507. The van der Waals surface area contributed by atoms with Gasteiger partial charge in [0.1, 0.15) is 5.82 Å². The van der Waals surface area contributed by atoms with Gasteiger partial charge in [0, 0.05) is 6.04 Å². The van der Waals surface area contributed by atoms with E-state index >= 15 is 0 Å². The lowest BCUT2D eigenvalue weighted by atomic mass is 10.0. The van der Waals surface area contributed by atoms with Crippen molar-refractivity contribution < 1.29 is 4.39 Å². The summed E-state index contributed by atoms with van der Waals surface area (Å²) in [5.41, 5.74) is 0.719. The average Bonchev–Trinajstić information content (AvgIpc) is 2.25. The second-order valence-electron chi connectivity index (χ2n) is 4.06. The van der Waals surface area contributed by atoms with Crippen LogP contribution in [0.4, 0.5) is 4.39 Å². The van der Waals surface area contributed by atoms with Crippen molar-refractivity contribution in [3.05, 3.63) is 34.6 Å². The van der Waals surface area contributed by atoms with Crippen LogP contribution in [0.15, 0.2) is 18.2 Å². The molecular formula is C13H19ClFN. The summed E-state index contributed by atoms with van der Waals surface area (Å²) in [5, 5.41) is 3.56. The molecule has 0 heterocycles. The van der Waals surface area contributed by atoms with Crippen molar-refractivity contribution in [3.63, 3.8) is 0 Å². The molecule has 0 aliphatic rings. The van der Waals surface area contributed by atoms with Gasteiger partial charge in [-0.05, 0) is 44.4 Å². The summed E-state index contributed by atoms with van der Waals surface area (Å²) in [4.78, 5) is 0. The van der Waals surface area contributed by atoms with Crippen molar-refractivity contribution in [2.24, 2.45) is 0 Å². The van der Waals surface area contributed by atoms with E-state index in [0.717, 1.165) is 31.4 Å². The summed E-state index contributed by atoms with van der Waals surface area (Å²) in [7, 11) is 0. The van der Waals surface area contributed by atoms with Crippen molar-refractivity contribution >= 4 is 11.6 Å². The molecule has 0 radical (unpaired) electrons. The van der Waals surface area contributed by atoms with Crippen molar-refractivity contribution in [1.82, 2.24) is 5.32 Å². The van der Waals surface area contributed by atoms with Crippen LogP contribution in [0, 0.1) is 5.82 Å². The second-order valence-corrected chi connectivity index (χ2v) is 4.47. The zero-order valence-electron chi connectivity index (χ0n) is 9.89. The Hall–Kier alpha value is -0.600. The zero-order chi connectivity index (χ0) is 12.0. The topological polar surface area (TPSA) is 12.0 Å². The summed E-state index contributed by atoms with van der Waals surface area (Å²) >= 11 is 5.72. The molecule has 0 bridgehead atoms. The van der Waals surface area contributed by atoms with Gasteiger partial charge in [-0.2, -0.15) is 0 Å². The Morgan fingerprint density at radius 3 is 2.88 bits per heavy atom. The van der Waals surface area contributed by atoms with Crippen LogP contribution < -0.4 is 5.32 Å². The van der Waals surface area contributed by atoms with E-state index in [1.807, 2.05) is 0 Å². The lowest BCUT2D eigenvalue weighted by Gasteiger charge is -2.12. The molecule has 1 aromatic carbocycles. The molecule has 0 aromatic heterocycles. The second kappa shape index (κ2) is 6.87. The van der Waals surface area contributed by atoms with E-state index < -0.39 is 0 Å². The van der Waals surface area contributed by atoms with E-state index in [1.165, 1.54) is 0 Å². The largest absolute Gasteiger partial charge is 0.315 e. The number of hydrogen-bond donors (Lipinski definition) is 1. The van der Waals surface area contributed by atoms with E-state index in [2.05, 4.69) is 19.2 Å². The lowest BCUT2D eigenvalue weighted by Crippen LogP contribution is -2.25. The van der Waals surface area contributed by atoms with Gasteiger partial charge in [-0.15, -0.1) is 0 Å². The SMILES string of the molecule is CCNC(C)CCCc1cccc(Cl)c1F. The molecule has 0 saturated carbocycles. The van der Waals surface area contributed by atoms with Gasteiger partial charge >= 0.3 is 0 Å². The molecule has 0 aliphatic carbocycles. The number of hydrogen-bond acceptors (Lipinski definition) is 1. The Labute approximate surface area is 102 Å². The minimum absolute atomic E-state index is 0.220. The van der Waals surface area contributed by atoms with Crippen molar-refractivity contribution in [2.75, 3.05) is 6.54 Å². The Kier molecular flexibility index (Phi) is 5.78. The summed E-state index contributed by atoms with van der Waals surface area (Å²) in [6, 6.07) is 5.68. The average molecular weight is 244 g/mol. The van der Waals surface area contributed by atoms with Crippen LogP contribution in [0.25, 0.3) is 0 Å². The molecule has 0 aliphatic heterocycles. The van der Waals surface area contributed by atoms with Crippen molar-refractivity contribution in [2.45, 2.75) is 39.2 Å². The summed E-state index contributed by atoms with van der Waals surface area (Å²) in [6.45, 7) is 5.22. The maximum absolute atomic E-state index is 13.5. The van der Waals surface area contributed by atoms with Crippen molar-refractivity contribution in [1.29, 1.82) is 0 Å². The molecule has 1 nitrogen and oxygen atoms in total. The molecule has 0 spiro atoms. The minimum atomic E-state index is -0.264. The molecule has 1 N–H and O–H groups in total. The Balaban J connectivity index is 2.40. The fourth-order valence-electron chi connectivity index (χ4n) is 1.79. The van der Waals surface area contributed by atoms with Gasteiger partial charge in [-0.1, -0.05) is 30.7 Å². The van der Waals surface area contributed by atoms with Crippen LogP contribution in [-0.2, 0) is 6.42 Å². The molecule has 1 rings (SSSR count). The Morgan fingerprint density at radius 1 is 1.44 bits per heavy atom. The number of halogens is 2. The third kappa shape index (κ3) is 4.11. The Morgan fingerprint density at radius 2 is 2.19 bits per heavy atom. The van der Waals surface area contributed by atoms with Gasteiger partial charge < -0.3 is 5.32 Å². The highest BCUT2D eigenvalue weighted by atomic mass is 35.5. The van der Waals surface area contributed by atoms with Gasteiger partial charge in [0.05, 0.1) is 5.02 Å². The monoisotopic (exact) mass is 243 g/mol. The summed E-state index contributed by atoms with van der Waals surface area (Å²) in [5.74, 6) is -0.264. The molecule has 1 atom stereocenters. The molecule has 0 saturated heterocycles. The normalized spacial score (nSPS) is 12.8. The van der Waals surface area contributed by atoms with Gasteiger partial charge in [0.15, 0.2) is 0 Å². The predicted octanol–water partition coefficient (Wildman–Crippen LogP) is 3.80. The van der Waals surface area contributed by atoms with E-state index in [0.29, 0.717) is 6.04 Å². The van der Waals surface area contributed by atoms with Crippen LogP contribution in [0.2, 0.25) is 5.02 Å². The third-order valence-electron chi connectivity index (χ3n) is 2.67. The van der Waals surface area contributed by atoms with Crippen molar-refractivity contribution in [3.8, 4) is 0 Å². The van der Waals surface area contributed by atoms with E-state index in [4.69, 9.17) is 11.6 Å². The molecule has 0 fully saturated rings. The quantitative estimate of drug-likeness (QED) is 0.802. The molecule has 90 valence electrons. The third-order valence-corrected chi connectivity index (χ3v) is 2.96. The zero-order valence-corrected chi connectivity index (χ0v) is 10.6. The van der Waals surface area contributed by atoms with Gasteiger partial charge in [0.25, 0.3) is 0 Å². The molecule has 3 heteroatoms. The first-order chi connectivity index (χ1) is 7.65. The minimum Gasteiger partial charge on any atom is -0.315 e. The van der Waals surface area contributed by atoms with Gasteiger partial charge in [0.2, 0.25) is 0 Å². The van der Waals surface area contributed by atoms with E-state index in [-0.39, 0.29) is 10.8 Å². The van der Waals surface area contributed by atoms with E-state index in [9.17, 15) is 4.39 Å². The molecule has 1 unspecified atom stereocenters. The molecular weight excluding hydrogens is 225 g/mol. The van der Waals surface area contributed by atoms with E-state index in [1.54, 1.807) is 18.2 Å². The maximum Gasteiger partial charge on any atom is 0.144 e. The summed E-state index contributed by atoms with van der Waals surface area (Å²) < 4.78 is 13.5. The number of aryl methyl sites for hydroxylation is 1. The van der Waals surface area contributed by atoms with Gasteiger partial charge in [-0.3, -0.25) is 0 Å². The van der Waals surface area contributed by atoms with Crippen LogP contribution in [0.5, 0.6) is 0 Å². The first-order valence-corrected chi connectivity index (χ1v) is 6.19. The van der Waals surface area contributed by atoms with Crippen LogP contribution >= 0.6 is 11.6 Å². The van der Waals surface area contributed by atoms with Gasteiger partial charge in [-0.25, -0.2) is 4.39 Å². The highest BCUT2D eigenvalue weighted by molar-refractivity contribution is 6.30. The molecule has 16 heavy (non-hydrogen) atoms.